The smallest absolute Gasteiger partial charge is 0.127 e. The van der Waals surface area contributed by atoms with Crippen molar-refractivity contribution in [2.75, 3.05) is 13.7 Å². The molecule has 0 aliphatic rings. The average molecular weight is 255 g/mol. The van der Waals surface area contributed by atoms with Crippen LogP contribution in [0.4, 0.5) is 0 Å². The quantitative estimate of drug-likeness (QED) is 0.849. The van der Waals surface area contributed by atoms with Crippen molar-refractivity contribution in [3.8, 4) is 16.9 Å². The molecular weight excluding hydrogens is 234 g/mol. The molecule has 2 aromatic carbocycles. The second-order valence-electron chi connectivity index (χ2n) is 4.57. The molecule has 0 fully saturated rings. The van der Waals surface area contributed by atoms with Crippen molar-refractivity contribution in [3.05, 3.63) is 54.6 Å². The predicted molar refractivity (Wildman–Crippen MR) is 80.5 cm³/mol. The molecule has 100 valence electrons. The number of benzene rings is 2. The Balaban J connectivity index is 2.17. The number of ether oxygens (including phenoxy) is 1. The molecule has 0 aromatic heterocycles. The number of hydrogen-bond donors (Lipinski definition) is 1. The van der Waals surface area contributed by atoms with E-state index in [2.05, 4.69) is 42.6 Å². The first-order valence-electron chi connectivity index (χ1n) is 6.79. The van der Waals surface area contributed by atoms with Crippen LogP contribution in [0.5, 0.6) is 5.75 Å². The molecule has 0 heterocycles. The Kier molecular flexibility index (Phi) is 4.99. The highest BCUT2D eigenvalue weighted by molar-refractivity contribution is 5.70. The number of nitrogens with one attached hydrogen (secondary N) is 1. The Bertz CT molecular complexity index is 492. The molecule has 0 saturated carbocycles. The van der Waals surface area contributed by atoms with Gasteiger partial charge in [0.1, 0.15) is 12.4 Å². The minimum absolute atomic E-state index is 0.392. The molecule has 0 aliphatic carbocycles. The van der Waals surface area contributed by atoms with Crippen LogP contribution in [-0.4, -0.2) is 19.7 Å². The predicted octanol–water partition coefficient (Wildman–Crippen LogP) is 3.73. The summed E-state index contributed by atoms with van der Waals surface area (Å²) in [5.41, 5.74) is 2.34. The summed E-state index contributed by atoms with van der Waals surface area (Å²) in [6, 6.07) is 18.9. The maximum atomic E-state index is 5.97. The van der Waals surface area contributed by atoms with Crippen LogP contribution in [0, 0.1) is 0 Å². The minimum Gasteiger partial charge on any atom is -0.491 e. The van der Waals surface area contributed by atoms with Gasteiger partial charge in [0.05, 0.1) is 0 Å². The van der Waals surface area contributed by atoms with Crippen molar-refractivity contribution in [2.45, 2.75) is 19.4 Å². The lowest BCUT2D eigenvalue weighted by Crippen LogP contribution is -2.30. The molecule has 1 unspecified atom stereocenters. The van der Waals surface area contributed by atoms with Crippen LogP contribution in [0.3, 0.4) is 0 Å². The maximum Gasteiger partial charge on any atom is 0.127 e. The molecule has 0 aliphatic heterocycles. The van der Waals surface area contributed by atoms with Crippen molar-refractivity contribution in [1.82, 2.24) is 5.32 Å². The fourth-order valence-electron chi connectivity index (χ4n) is 2.04. The summed E-state index contributed by atoms with van der Waals surface area (Å²) in [6.07, 6.45) is 1.06. The van der Waals surface area contributed by atoms with E-state index in [4.69, 9.17) is 4.74 Å². The second kappa shape index (κ2) is 6.95. The largest absolute Gasteiger partial charge is 0.491 e. The number of para-hydroxylation sites is 1. The molecule has 1 atom stereocenters. The van der Waals surface area contributed by atoms with Crippen LogP contribution in [-0.2, 0) is 0 Å². The van der Waals surface area contributed by atoms with E-state index >= 15 is 0 Å². The first-order chi connectivity index (χ1) is 9.35. The van der Waals surface area contributed by atoms with E-state index in [1.165, 1.54) is 5.56 Å². The van der Waals surface area contributed by atoms with Crippen molar-refractivity contribution in [2.24, 2.45) is 0 Å². The van der Waals surface area contributed by atoms with E-state index in [9.17, 15) is 0 Å². The molecule has 19 heavy (non-hydrogen) atoms. The Morgan fingerprint density at radius 2 is 1.68 bits per heavy atom. The second-order valence-corrected chi connectivity index (χ2v) is 4.57. The molecular formula is C17H21NO. The van der Waals surface area contributed by atoms with Gasteiger partial charge in [-0.3, -0.25) is 0 Å². The SMILES string of the molecule is CCC(COc1ccccc1-c1ccccc1)NC. The van der Waals surface area contributed by atoms with Crippen LogP contribution in [0.15, 0.2) is 54.6 Å². The third-order valence-electron chi connectivity index (χ3n) is 3.31. The number of rotatable bonds is 6. The van der Waals surface area contributed by atoms with Crippen molar-refractivity contribution in [1.29, 1.82) is 0 Å². The van der Waals surface area contributed by atoms with Crippen LogP contribution in [0.25, 0.3) is 11.1 Å². The van der Waals surface area contributed by atoms with E-state index in [1.54, 1.807) is 0 Å². The zero-order valence-corrected chi connectivity index (χ0v) is 11.6. The van der Waals surface area contributed by atoms with Gasteiger partial charge in [-0.05, 0) is 25.1 Å². The molecule has 2 nitrogen and oxygen atoms in total. The van der Waals surface area contributed by atoms with E-state index < -0.39 is 0 Å². The fourth-order valence-corrected chi connectivity index (χ4v) is 2.04. The van der Waals surface area contributed by atoms with Gasteiger partial charge in [0.15, 0.2) is 0 Å². The molecule has 0 bridgehead atoms. The summed E-state index contributed by atoms with van der Waals surface area (Å²) in [5, 5.41) is 3.26. The Hall–Kier alpha value is -1.80. The first kappa shape index (κ1) is 13.6. The van der Waals surface area contributed by atoms with Gasteiger partial charge < -0.3 is 10.1 Å². The van der Waals surface area contributed by atoms with Crippen molar-refractivity contribution >= 4 is 0 Å². The summed E-state index contributed by atoms with van der Waals surface area (Å²) in [5.74, 6) is 0.947. The molecule has 1 N–H and O–H groups in total. The third-order valence-corrected chi connectivity index (χ3v) is 3.31. The normalized spacial score (nSPS) is 12.1. The Morgan fingerprint density at radius 3 is 2.37 bits per heavy atom. The highest BCUT2D eigenvalue weighted by Gasteiger charge is 2.08. The van der Waals surface area contributed by atoms with E-state index in [1.807, 2.05) is 31.3 Å². The third kappa shape index (κ3) is 3.58. The number of hydrogen-bond acceptors (Lipinski definition) is 2. The van der Waals surface area contributed by atoms with Crippen LogP contribution < -0.4 is 10.1 Å². The van der Waals surface area contributed by atoms with Gasteiger partial charge in [0.2, 0.25) is 0 Å². The zero-order valence-electron chi connectivity index (χ0n) is 11.6. The van der Waals surface area contributed by atoms with E-state index in [-0.39, 0.29) is 0 Å². The summed E-state index contributed by atoms with van der Waals surface area (Å²) in [7, 11) is 1.97. The van der Waals surface area contributed by atoms with Crippen LogP contribution >= 0.6 is 0 Å². The molecule has 2 heteroatoms. The van der Waals surface area contributed by atoms with Gasteiger partial charge in [-0.2, -0.15) is 0 Å². The first-order valence-corrected chi connectivity index (χ1v) is 6.79. The summed E-state index contributed by atoms with van der Waals surface area (Å²) in [6.45, 7) is 2.85. The minimum atomic E-state index is 0.392. The molecule has 2 aromatic rings. The van der Waals surface area contributed by atoms with Crippen LogP contribution in [0.1, 0.15) is 13.3 Å². The molecule has 2 rings (SSSR count). The van der Waals surface area contributed by atoms with E-state index in [0.717, 1.165) is 17.7 Å². The van der Waals surface area contributed by atoms with Gasteiger partial charge in [0.25, 0.3) is 0 Å². The number of likely N-dealkylation sites (N-methyl/N-ethyl adjacent to an activating group) is 1. The van der Waals surface area contributed by atoms with Gasteiger partial charge in [-0.15, -0.1) is 0 Å². The molecule has 0 amide bonds. The van der Waals surface area contributed by atoms with Gasteiger partial charge in [-0.25, -0.2) is 0 Å². The standard InChI is InChI=1S/C17H21NO/c1-3-15(18-2)13-19-17-12-8-7-11-16(17)14-9-5-4-6-10-14/h4-12,15,18H,3,13H2,1-2H3. The van der Waals surface area contributed by atoms with Crippen LogP contribution in [0.2, 0.25) is 0 Å². The Morgan fingerprint density at radius 1 is 1.00 bits per heavy atom. The molecule has 0 radical (unpaired) electrons. The lowest BCUT2D eigenvalue weighted by molar-refractivity contribution is 0.268. The monoisotopic (exact) mass is 255 g/mol. The summed E-state index contributed by atoms with van der Waals surface area (Å²) in [4.78, 5) is 0. The average Bonchev–Trinajstić information content (AvgIpc) is 2.49. The van der Waals surface area contributed by atoms with Gasteiger partial charge in [0, 0.05) is 11.6 Å². The highest BCUT2D eigenvalue weighted by atomic mass is 16.5. The van der Waals surface area contributed by atoms with Gasteiger partial charge >= 0.3 is 0 Å². The molecule has 0 saturated heterocycles. The highest BCUT2D eigenvalue weighted by Crippen LogP contribution is 2.29. The topological polar surface area (TPSA) is 21.3 Å². The lowest BCUT2D eigenvalue weighted by atomic mass is 10.0. The summed E-state index contributed by atoms with van der Waals surface area (Å²) >= 11 is 0. The molecule has 0 spiro atoms. The van der Waals surface area contributed by atoms with Gasteiger partial charge in [-0.1, -0.05) is 55.5 Å². The summed E-state index contributed by atoms with van der Waals surface area (Å²) < 4.78 is 5.97. The van der Waals surface area contributed by atoms with Crippen molar-refractivity contribution < 1.29 is 4.74 Å². The van der Waals surface area contributed by atoms with Crippen molar-refractivity contribution in [3.63, 3.8) is 0 Å². The lowest BCUT2D eigenvalue weighted by Gasteiger charge is -2.17. The Labute approximate surface area is 115 Å². The van der Waals surface area contributed by atoms with E-state index in [0.29, 0.717) is 12.6 Å². The fraction of sp³-hybridized carbons (Fsp3) is 0.294. The zero-order chi connectivity index (χ0) is 13.5. The maximum absolute atomic E-state index is 5.97.